The molecular weight excluding hydrogens is 318 g/mol. The van der Waals surface area contributed by atoms with Gasteiger partial charge in [-0.2, -0.15) is 5.10 Å². The molecule has 0 bridgehead atoms. The van der Waals surface area contributed by atoms with Crippen LogP contribution in [0.25, 0.3) is 0 Å². The third kappa shape index (κ3) is 5.45. The lowest BCUT2D eigenvalue weighted by molar-refractivity contribution is -0.145. The van der Waals surface area contributed by atoms with Gasteiger partial charge in [0.05, 0.1) is 18.7 Å². The van der Waals surface area contributed by atoms with Crippen molar-refractivity contribution in [1.82, 2.24) is 15.1 Å². The molecule has 6 heteroatoms. The molecule has 0 saturated carbocycles. The highest BCUT2D eigenvalue weighted by Crippen LogP contribution is 2.11. The Labute approximate surface area is 148 Å². The molecule has 1 N–H and O–H groups in total. The van der Waals surface area contributed by atoms with Crippen LogP contribution in [0.3, 0.4) is 0 Å². The number of nitrogens with zero attached hydrogens (tertiary/aromatic N) is 2. The second-order valence-corrected chi connectivity index (χ2v) is 6.30. The van der Waals surface area contributed by atoms with Gasteiger partial charge in [0.15, 0.2) is 0 Å². The number of rotatable bonds is 7. The molecule has 0 spiro atoms. The fraction of sp³-hybridized carbons (Fsp3) is 0.421. The molecule has 0 radical (unpaired) electrons. The maximum atomic E-state index is 12.2. The summed E-state index contributed by atoms with van der Waals surface area (Å²) in [6, 6.07) is 9.91. The lowest BCUT2D eigenvalue weighted by atomic mass is 9.98. The topological polar surface area (TPSA) is 73.2 Å². The smallest absolute Gasteiger partial charge is 0.310 e. The molecule has 1 aromatic heterocycles. The minimum absolute atomic E-state index is 0.137. The second-order valence-electron chi connectivity index (χ2n) is 6.30. The summed E-state index contributed by atoms with van der Waals surface area (Å²) in [6.45, 7) is 6.18. The number of nitrogens with one attached hydrogen (secondary N) is 1. The fourth-order valence-electron chi connectivity index (χ4n) is 2.68. The maximum Gasteiger partial charge on any atom is 0.310 e. The van der Waals surface area contributed by atoms with Crippen molar-refractivity contribution in [3.8, 4) is 0 Å². The Morgan fingerprint density at radius 1 is 1.20 bits per heavy atom. The summed E-state index contributed by atoms with van der Waals surface area (Å²) in [4.78, 5) is 24.2. The van der Waals surface area contributed by atoms with Gasteiger partial charge in [0.1, 0.15) is 6.54 Å². The van der Waals surface area contributed by atoms with Crippen LogP contribution in [0.15, 0.2) is 30.3 Å². The molecule has 0 aliphatic heterocycles. The Morgan fingerprint density at radius 2 is 1.88 bits per heavy atom. The van der Waals surface area contributed by atoms with Crippen molar-refractivity contribution in [1.29, 1.82) is 0 Å². The Hall–Kier alpha value is -2.63. The maximum absolute atomic E-state index is 12.2. The molecule has 2 aromatic rings. The van der Waals surface area contributed by atoms with Crippen LogP contribution >= 0.6 is 0 Å². The molecule has 0 fully saturated rings. The van der Waals surface area contributed by atoms with E-state index in [1.165, 1.54) is 7.11 Å². The Bertz CT molecular complexity index is 735. The van der Waals surface area contributed by atoms with Gasteiger partial charge in [-0.25, -0.2) is 0 Å². The third-order valence-corrected chi connectivity index (χ3v) is 4.08. The Kier molecular flexibility index (Phi) is 6.33. The fourth-order valence-corrected chi connectivity index (χ4v) is 2.68. The lowest BCUT2D eigenvalue weighted by Crippen LogP contribution is -2.36. The van der Waals surface area contributed by atoms with Gasteiger partial charge < -0.3 is 10.1 Å². The van der Waals surface area contributed by atoms with Gasteiger partial charge in [-0.05, 0) is 38.8 Å². The van der Waals surface area contributed by atoms with E-state index >= 15 is 0 Å². The van der Waals surface area contributed by atoms with E-state index in [0.717, 1.165) is 22.5 Å². The van der Waals surface area contributed by atoms with Gasteiger partial charge in [0, 0.05) is 12.2 Å². The van der Waals surface area contributed by atoms with E-state index in [9.17, 15) is 9.59 Å². The Balaban J connectivity index is 1.95. The normalized spacial score (nSPS) is 11.8. The molecule has 2 rings (SSSR count). The monoisotopic (exact) mass is 343 g/mol. The summed E-state index contributed by atoms with van der Waals surface area (Å²) in [5.74, 6) is -0.923. The van der Waals surface area contributed by atoms with Gasteiger partial charge in [0.25, 0.3) is 0 Å². The van der Waals surface area contributed by atoms with Crippen LogP contribution in [0, 0.1) is 26.7 Å². The summed E-state index contributed by atoms with van der Waals surface area (Å²) in [5, 5.41) is 7.08. The zero-order chi connectivity index (χ0) is 18.4. The van der Waals surface area contributed by atoms with Crippen molar-refractivity contribution in [2.45, 2.75) is 33.7 Å². The van der Waals surface area contributed by atoms with Gasteiger partial charge in [0.2, 0.25) is 5.91 Å². The predicted molar refractivity (Wildman–Crippen MR) is 95.1 cm³/mol. The average Bonchev–Trinajstić information content (AvgIpc) is 2.89. The van der Waals surface area contributed by atoms with Gasteiger partial charge >= 0.3 is 5.97 Å². The minimum atomic E-state index is -0.419. The molecule has 0 aliphatic rings. The lowest BCUT2D eigenvalue weighted by Gasteiger charge is -2.16. The van der Waals surface area contributed by atoms with Crippen LogP contribution in [0.2, 0.25) is 0 Å². The number of hydrogen-bond acceptors (Lipinski definition) is 4. The van der Waals surface area contributed by atoms with E-state index in [4.69, 9.17) is 4.74 Å². The SMILES string of the molecule is COC(=O)[C@@H](CNC(=O)Cn1nc(C)cc1C)Cc1ccc(C)cc1. The molecule has 0 aliphatic carbocycles. The van der Waals surface area contributed by atoms with E-state index in [1.54, 1.807) is 4.68 Å². The van der Waals surface area contributed by atoms with Gasteiger partial charge in [-0.3, -0.25) is 14.3 Å². The molecule has 0 saturated heterocycles. The summed E-state index contributed by atoms with van der Waals surface area (Å²) in [5.41, 5.74) is 4.00. The second kappa shape index (κ2) is 8.46. The standard InChI is InChI=1S/C19H25N3O3/c1-13-5-7-16(8-6-13)10-17(19(24)25-4)11-20-18(23)12-22-15(3)9-14(2)21-22/h5-9,17H,10-12H2,1-4H3,(H,20,23)/t17-/m1/s1. The number of benzene rings is 1. The first-order chi connectivity index (χ1) is 11.9. The number of aromatic nitrogens is 2. The third-order valence-electron chi connectivity index (χ3n) is 4.08. The van der Waals surface area contributed by atoms with Crippen LogP contribution in [-0.4, -0.2) is 35.3 Å². The van der Waals surface area contributed by atoms with Crippen molar-refractivity contribution in [2.24, 2.45) is 5.92 Å². The number of methoxy groups -OCH3 is 1. The molecule has 1 heterocycles. The molecule has 25 heavy (non-hydrogen) atoms. The van der Waals surface area contributed by atoms with Gasteiger partial charge in [-0.15, -0.1) is 0 Å². The highest BCUT2D eigenvalue weighted by Gasteiger charge is 2.21. The van der Waals surface area contributed by atoms with Crippen molar-refractivity contribution < 1.29 is 14.3 Å². The number of ether oxygens (including phenoxy) is 1. The molecule has 0 unspecified atom stereocenters. The number of carbonyl (C=O) groups excluding carboxylic acids is 2. The van der Waals surface area contributed by atoms with Crippen LogP contribution in [-0.2, 0) is 27.3 Å². The van der Waals surface area contributed by atoms with Crippen LogP contribution < -0.4 is 5.32 Å². The number of aryl methyl sites for hydroxylation is 3. The molecule has 1 aromatic carbocycles. The number of carbonyl (C=O) groups is 2. The summed E-state index contributed by atoms with van der Waals surface area (Å²) < 4.78 is 6.52. The van der Waals surface area contributed by atoms with E-state index in [2.05, 4.69) is 10.4 Å². The van der Waals surface area contributed by atoms with Crippen molar-refractivity contribution in [3.63, 3.8) is 0 Å². The van der Waals surface area contributed by atoms with E-state index < -0.39 is 5.92 Å². The molecule has 6 nitrogen and oxygen atoms in total. The van der Waals surface area contributed by atoms with Crippen molar-refractivity contribution >= 4 is 11.9 Å². The first-order valence-corrected chi connectivity index (χ1v) is 8.30. The highest BCUT2D eigenvalue weighted by molar-refractivity contribution is 5.77. The molecule has 1 amide bonds. The largest absolute Gasteiger partial charge is 0.469 e. The van der Waals surface area contributed by atoms with Crippen LogP contribution in [0.1, 0.15) is 22.5 Å². The summed E-state index contributed by atoms with van der Waals surface area (Å²) in [6.07, 6.45) is 0.521. The van der Waals surface area contributed by atoms with E-state index in [1.807, 2.05) is 51.1 Å². The highest BCUT2D eigenvalue weighted by atomic mass is 16.5. The van der Waals surface area contributed by atoms with Crippen molar-refractivity contribution in [3.05, 3.63) is 52.8 Å². The van der Waals surface area contributed by atoms with Crippen LogP contribution in [0.4, 0.5) is 0 Å². The minimum Gasteiger partial charge on any atom is -0.469 e. The van der Waals surface area contributed by atoms with Gasteiger partial charge in [-0.1, -0.05) is 29.8 Å². The Morgan fingerprint density at radius 3 is 2.44 bits per heavy atom. The number of hydrogen-bond donors (Lipinski definition) is 1. The zero-order valence-electron chi connectivity index (χ0n) is 15.2. The molecule has 1 atom stereocenters. The number of esters is 1. The molecular formula is C19H25N3O3. The quantitative estimate of drug-likeness (QED) is 0.780. The molecule has 134 valence electrons. The van der Waals surface area contributed by atoms with Crippen LogP contribution in [0.5, 0.6) is 0 Å². The van der Waals surface area contributed by atoms with E-state index in [-0.39, 0.29) is 25.0 Å². The zero-order valence-corrected chi connectivity index (χ0v) is 15.2. The predicted octanol–water partition coefficient (Wildman–Crippen LogP) is 1.96. The summed E-state index contributed by atoms with van der Waals surface area (Å²) in [7, 11) is 1.36. The first-order valence-electron chi connectivity index (χ1n) is 8.30. The average molecular weight is 343 g/mol. The van der Waals surface area contributed by atoms with Crippen molar-refractivity contribution in [2.75, 3.05) is 13.7 Å². The first kappa shape index (κ1) is 18.7. The number of amides is 1. The van der Waals surface area contributed by atoms with E-state index in [0.29, 0.717) is 6.42 Å². The summed E-state index contributed by atoms with van der Waals surface area (Å²) >= 11 is 0.